The van der Waals surface area contributed by atoms with Crippen LogP contribution in [-0.4, -0.2) is 61.6 Å². The minimum Gasteiger partial charge on any atom is -0.502 e. The van der Waals surface area contributed by atoms with Crippen LogP contribution in [0.2, 0.25) is 0 Å². The number of nitrogens with one attached hydrogen (secondary N) is 2. The highest BCUT2D eigenvalue weighted by molar-refractivity contribution is 7.85. The molecule has 2 aromatic rings. The van der Waals surface area contributed by atoms with Crippen molar-refractivity contribution in [2.24, 2.45) is 5.73 Å². The lowest BCUT2D eigenvalue weighted by molar-refractivity contribution is -0.145. The number of aryl methyl sites for hydroxylation is 1. The molecule has 0 spiro atoms. The molecule has 6 N–H and O–H groups in total. The van der Waals surface area contributed by atoms with Gasteiger partial charge in [0.25, 0.3) is 5.91 Å². The van der Waals surface area contributed by atoms with E-state index in [1.165, 1.54) is 33.3 Å². The van der Waals surface area contributed by atoms with Crippen LogP contribution in [0.15, 0.2) is 63.7 Å². The molecular formula is C24H29N3O12S. The Bertz CT molecular complexity index is 1390. The van der Waals surface area contributed by atoms with Crippen LogP contribution >= 0.6 is 0 Å². The number of hydrogen-bond donors (Lipinski definition) is 5. The monoisotopic (exact) mass is 583 g/mol. The number of carbonyl (C=O) groups excluding carboxylic acids is 3. The Morgan fingerprint density at radius 3 is 2.23 bits per heavy atom. The Labute approximate surface area is 228 Å². The van der Waals surface area contributed by atoms with E-state index in [4.69, 9.17) is 15.9 Å². The van der Waals surface area contributed by atoms with Gasteiger partial charge >= 0.3 is 22.2 Å². The number of aliphatic carboxylic acids is 1. The molecule has 0 bridgehead atoms. The predicted octanol–water partition coefficient (Wildman–Crippen LogP) is -0.376. The van der Waals surface area contributed by atoms with Gasteiger partial charge in [-0.15, -0.1) is 0 Å². The minimum absolute atomic E-state index is 0.0729. The van der Waals surface area contributed by atoms with E-state index in [0.29, 0.717) is 0 Å². The molecule has 16 heteroatoms. The van der Waals surface area contributed by atoms with Crippen molar-refractivity contribution in [2.75, 3.05) is 7.11 Å². The lowest BCUT2D eigenvalue weighted by atomic mass is 10.1. The summed E-state index contributed by atoms with van der Waals surface area (Å²) >= 11 is 0. The van der Waals surface area contributed by atoms with Gasteiger partial charge in [0.2, 0.25) is 17.1 Å². The average Bonchev–Trinajstić information content (AvgIpc) is 2.85. The number of allylic oxidation sites excluding steroid dienone is 1. The molecule has 0 saturated heterocycles. The van der Waals surface area contributed by atoms with E-state index in [-0.39, 0.29) is 23.7 Å². The maximum absolute atomic E-state index is 11.8. The van der Waals surface area contributed by atoms with Crippen LogP contribution in [0, 0.1) is 6.92 Å². The molecule has 1 aliphatic heterocycles. The number of carboxylic acids is 1. The first-order valence-electron chi connectivity index (χ1n) is 11.3. The van der Waals surface area contributed by atoms with Crippen molar-refractivity contribution in [1.82, 2.24) is 10.0 Å². The minimum atomic E-state index is -3.85. The standard InChI is InChI=1S/C14H18N2O5.C6H6O3.C4H5NO4S/c1-21-14(20)11(7-9-5-3-2-4-6-9)16-13(19)10(15)8-12(17)18;1-4-6(8)5(7)2-3-9-4;1-3-2-4(6)5-10(7,8)9-3/h2-6,10-11H,7-8,15H2,1H3,(H,16,19)(H,17,18);2-3,8H,1H3;2H,1H3,(H,5,6)/t10-,11-;;/m0../s1. The molecule has 1 aliphatic rings. The van der Waals surface area contributed by atoms with E-state index in [0.717, 1.165) is 11.6 Å². The highest BCUT2D eigenvalue weighted by atomic mass is 32.2. The van der Waals surface area contributed by atoms with Crippen molar-refractivity contribution in [3.63, 3.8) is 0 Å². The quantitative estimate of drug-likeness (QED) is 0.261. The molecule has 3 rings (SSSR count). The molecule has 218 valence electrons. The summed E-state index contributed by atoms with van der Waals surface area (Å²) in [5.74, 6) is -3.17. The zero-order valence-electron chi connectivity index (χ0n) is 21.7. The molecule has 0 aliphatic carbocycles. The van der Waals surface area contributed by atoms with E-state index >= 15 is 0 Å². The number of nitrogens with two attached hydrogens (primary N) is 1. The lowest BCUT2D eigenvalue weighted by Gasteiger charge is -2.18. The summed E-state index contributed by atoms with van der Waals surface area (Å²) in [4.78, 5) is 55.0. The van der Waals surface area contributed by atoms with Gasteiger partial charge in [0.1, 0.15) is 17.6 Å². The van der Waals surface area contributed by atoms with E-state index in [1.807, 2.05) is 18.2 Å². The second-order valence-electron chi connectivity index (χ2n) is 7.93. The largest absolute Gasteiger partial charge is 0.502 e. The molecule has 15 nitrogen and oxygen atoms in total. The number of amides is 2. The zero-order valence-corrected chi connectivity index (χ0v) is 22.5. The molecule has 2 atom stereocenters. The molecule has 0 unspecified atom stereocenters. The van der Waals surface area contributed by atoms with Gasteiger partial charge in [0.15, 0.2) is 0 Å². The van der Waals surface area contributed by atoms with E-state index in [9.17, 15) is 32.4 Å². The SMILES string of the molecule is CC1=CC(=O)NS(=O)(=O)O1.COC(=O)[C@H](Cc1ccccc1)NC(=O)[C@@H](N)CC(=O)O.Cc1occc(=O)c1O. The summed E-state index contributed by atoms with van der Waals surface area (Å²) in [6.45, 7) is 2.91. The Morgan fingerprint density at radius 2 is 1.75 bits per heavy atom. The topological polar surface area (TPSA) is 242 Å². The third-order valence-electron chi connectivity index (χ3n) is 4.65. The maximum atomic E-state index is 11.8. The van der Waals surface area contributed by atoms with E-state index < -0.39 is 58.0 Å². The molecule has 0 radical (unpaired) electrons. The Morgan fingerprint density at radius 1 is 1.12 bits per heavy atom. The van der Waals surface area contributed by atoms with Crippen molar-refractivity contribution >= 4 is 34.1 Å². The highest BCUT2D eigenvalue weighted by Gasteiger charge is 2.25. The molecule has 1 aromatic carbocycles. The number of carboxylic acid groups (broad SMARTS) is 1. The third-order valence-corrected chi connectivity index (χ3v) is 5.58. The molecule has 2 heterocycles. The number of methoxy groups -OCH3 is 1. The van der Waals surface area contributed by atoms with Crippen molar-refractivity contribution < 1.29 is 51.1 Å². The van der Waals surface area contributed by atoms with Gasteiger partial charge in [-0.2, -0.15) is 8.42 Å². The maximum Gasteiger partial charge on any atom is 0.409 e. The van der Waals surface area contributed by atoms with Crippen LogP contribution in [0.5, 0.6) is 5.75 Å². The first-order chi connectivity index (χ1) is 18.6. The molecule has 0 saturated carbocycles. The fraction of sp³-hybridized carbons (Fsp3) is 0.292. The van der Waals surface area contributed by atoms with Gasteiger partial charge in [0.05, 0.1) is 25.8 Å². The first-order valence-corrected chi connectivity index (χ1v) is 12.7. The summed E-state index contributed by atoms with van der Waals surface area (Å²) < 4.78 is 36.1. The van der Waals surface area contributed by atoms with Crippen molar-refractivity contribution in [3.05, 3.63) is 76.0 Å². The number of benzene rings is 1. The third kappa shape index (κ3) is 12.2. The summed E-state index contributed by atoms with van der Waals surface area (Å²) in [6, 6.07) is 8.09. The Kier molecular flexibility index (Phi) is 13.0. The number of esters is 1. The van der Waals surface area contributed by atoms with Crippen molar-refractivity contribution in [1.29, 1.82) is 0 Å². The predicted molar refractivity (Wildman–Crippen MR) is 138 cm³/mol. The number of ether oxygens (including phenoxy) is 1. The van der Waals surface area contributed by atoms with Gasteiger partial charge < -0.3 is 34.6 Å². The highest BCUT2D eigenvalue weighted by Crippen LogP contribution is 2.07. The van der Waals surface area contributed by atoms with E-state index in [2.05, 4.69) is 18.7 Å². The Hall–Kier alpha value is -4.70. The number of hydrogen-bond acceptors (Lipinski definition) is 12. The van der Waals surface area contributed by atoms with Crippen molar-refractivity contribution in [2.45, 2.75) is 38.8 Å². The fourth-order valence-corrected chi connectivity index (χ4v) is 3.55. The molecule has 2 amide bonds. The number of aromatic hydroxyl groups is 1. The Balaban J connectivity index is 0.000000346. The second kappa shape index (κ2) is 15.6. The van der Waals surface area contributed by atoms with Gasteiger partial charge in [-0.05, 0) is 19.4 Å². The number of carbonyl (C=O) groups is 4. The van der Waals surface area contributed by atoms with Gasteiger partial charge in [-0.25, -0.2) is 9.52 Å². The fourth-order valence-electron chi connectivity index (χ4n) is 2.81. The lowest BCUT2D eigenvalue weighted by Crippen LogP contribution is -2.50. The smallest absolute Gasteiger partial charge is 0.409 e. The van der Waals surface area contributed by atoms with Crippen LogP contribution in [0.3, 0.4) is 0 Å². The zero-order chi connectivity index (χ0) is 30.5. The molecule has 40 heavy (non-hydrogen) atoms. The van der Waals surface area contributed by atoms with Gasteiger partial charge in [-0.3, -0.25) is 19.2 Å². The van der Waals surface area contributed by atoms with Crippen molar-refractivity contribution in [3.8, 4) is 5.75 Å². The van der Waals surface area contributed by atoms with Crippen LogP contribution in [-0.2, 0) is 44.8 Å². The van der Waals surface area contributed by atoms with Crippen LogP contribution in [0.1, 0.15) is 24.7 Å². The second-order valence-corrected chi connectivity index (χ2v) is 9.21. The first kappa shape index (κ1) is 33.3. The summed E-state index contributed by atoms with van der Waals surface area (Å²) in [5, 5.41) is 19.8. The molecule has 1 aromatic heterocycles. The van der Waals surface area contributed by atoms with Gasteiger partial charge in [-0.1, -0.05) is 30.3 Å². The van der Waals surface area contributed by atoms with E-state index in [1.54, 1.807) is 16.9 Å². The molecule has 0 fully saturated rings. The average molecular weight is 584 g/mol. The molecular weight excluding hydrogens is 554 g/mol. The van der Waals surface area contributed by atoms with Crippen LogP contribution in [0.4, 0.5) is 0 Å². The summed E-state index contributed by atoms with van der Waals surface area (Å²) in [6.07, 6.45) is 2.03. The van der Waals surface area contributed by atoms with Gasteiger partial charge in [0, 0.05) is 18.6 Å². The van der Waals surface area contributed by atoms with Crippen LogP contribution < -0.4 is 21.2 Å². The number of rotatable bonds is 7. The summed E-state index contributed by atoms with van der Waals surface area (Å²) in [7, 11) is -2.64. The van der Waals surface area contributed by atoms with Crippen LogP contribution in [0.25, 0.3) is 0 Å². The normalized spacial score (nSPS) is 14.6. The summed E-state index contributed by atoms with van der Waals surface area (Å²) in [5.41, 5.74) is 5.89.